The second-order valence-electron chi connectivity index (χ2n) is 2.72. The fraction of sp³-hybridized carbons (Fsp3) is 0.111. The Labute approximate surface area is 89.4 Å². The van der Waals surface area contributed by atoms with Crippen molar-refractivity contribution in [3.8, 4) is 0 Å². The SMILES string of the molecule is O=C([O-])COC(=O)c1ccccc1[N+](=O)[O-]. The van der Waals surface area contributed by atoms with Crippen LogP contribution in [0.5, 0.6) is 0 Å². The number of carbonyl (C=O) groups is 2. The summed E-state index contributed by atoms with van der Waals surface area (Å²) in [4.78, 5) is 31.1. The Morgan fingerprint density at radius 2 is 1.94 bits per heavy atom. The molecule has 0 aliphatic heterocycles. The third-order valence-electron chi connectivity index (χ3n) is 1.64. The van der Waals surface area contributed by atoms with E-state index >= 15 is 0 Å². The molecule has 1 aromatic rings. The molecule has 0 saturated heterocycles. The van der Waals surface area contributed by atoms with Crippen LogP contribution in [0.25, 0.3) is 0 Å². The summed E-state index contributed by atoms with van der Waals surface area (Å²) in [7, 11) is 0. The molecule has 0 saturated carbocycles. The summed E-state index contributed by atoms with van der Waals surface area (Å²) in [6, 6.07) is 5.08. The molecular weight excluding hydrogens is 218 g/mol. The van der Waals surface area contributed by atoms with Crippen LogP contribution in [0.3, 0.4) is 0 Å². The van der Waals surface area contributed by atoms with Gasteiger partial charge in [0.05, 0.1) is 10.9 Å². The largest absolute Gasteiger partial charge is 0.546 e. The van der Waals surface area contributed by atoms with Crippen molar-refractivity contribution in [2.75, 3.05) is 6.61 Å². The molecule has 0 heterocycles. The minimum absolute atomic E-state index is 0.297. The number of hydrogen-bond acceptors (Lipinski definition) is 6. The van der Waals surface area contributed by atoms with Crippen LogP contribution in [0.15, 0.2) is 24.3 Å². The van der Waals surface area contributed by atoms with Crippen molar-refractivity contribution in [3.63, 3.8) is 0 Å². The summed E-state index contributed by atoms with van der Waals surface area (Å²) in [5.74, 6) is -2.65. The second-order valence-corrected chi connectivity index (χ2v) is 2.72. The van der Waals surface area contributed by atoms with Gasteiger partial charge in [-0.1, -0.05) is 12.1 Å². The van der Waals surface area contributed by atoms with E-state index in [1.54, 1.807) is 0 Å². The number of carboxylic acid groups (broad SMARTS) is 1. The van der Waals surface area contributed by atoms with Crippen LogP contribution in [0, 0.1) is 10.1 Å². The fourth-order valence-electron chi connectivity index (χ4n) is 1.01. The van der Waals surface area contributed by atoms with Gasteiger partial charge in [-0.15, -0.1) is 0 Å². The number of carboxylic acids is 1. The van der Waals surface area contributed by atoms with Crippen molar-refractivity contribution >= 4 is 17.6 Å². The highest BCUT2D eigenvalue weighted by molar-refractivity contribution is 5.94. The quantitative estimate of drug-likeness (QED) is 0.387. The van der Waals surface area contributed by atoms with Gasteiger partial charge >= 0.3 is 5.97 Å². The lowest BCUT2D eigenvalue weighted by molar-refractivity contribution is -0.385. The lowest BCUT2D eigenvalue weighted by Crippen LogP contribution is -2.29. The summed E-state index contributed by atoms with van der Waals surface area (Å²) >= 11 is 0. The molecule has 0 N–H and O–H groups in total. The summed E-state index contributed by atoms with van der Waals surface area (Å²) in [6.45, 7) is -0.940. The smallest absolute Gasteiger partial charge is 0.345 e. The molecule has 0 amide bonds. The maximum Gasteiger partial charge on any atom is 0.345 e. The van der Waals surface area contributed by atoms with Crippen LogP contribution in [-0.4, -0.2) is 23.5 Å². The molecular formula is C9H6NO6-. The van der Waals surface area contributed by atoms with Gasteiger partial charge in [0.1, 0.15) is 12.2 Å². The van der Waals surface area contributed by atoms with Crippen molar-refractivity contribution < 1.29 is 24.4 Å². The van der Waals surface area contributed by atoms with Crippen LogP contribution in [0.2, 0.25) is 0 Å². The van der Waals surface area contributed by atoms with Crippen molar-refractivity contribution in [1.29, 1.82) is 0 Å². The molecule has 0 aromatic heterocycles. The highest BCUT2D eigenvalue weighted by Gasteiger charge is 2.20. The average Bonchev–Trinajstić information content (AvgIpc) is 2.25. The van der Waals surface area contributed by atoms with Crippen LogP contribution in [0.1, 0.15) is 10.4 Å². The van der Waals surface area contributed by atoms with Crippen molar-refractivity contribution in [1.82, 2.24) is 0 Å². The first-order valence-electron chi connectivity index (χ1n) is 4.12. The molecule has 0 aliphatic carbocycles. The van der Waals surface area contributed by atoms with Gasteiger partial charge in [-0.3, -0.25) is 10.1 Å². The number of esters is 1. The topological polar surface area (TPSA) is 110 Å². The fourth-order valence-corrected chi connectivity index (χ4v) is 1.01. The lowest BCUT2D eigenvalue weighted by Gasteiger charge is -2.05. The number of hydrogen-bond donors (Lipinski definition) is 0. The molecule has 1 rings (SSSR count). The zero-order valence-electron chi connectivity index (χ0n) is 7.91. The molecule has 1 aromatic carbocycles. The maximum atomic E-state index is 11.3. The first-order valence-corrected chi connectivity index (χ1v) is 4.12. The molecule has 0 radical (unpaired) electrons. The van der Waals surface area contributed by atoms with Crippen molar-refractivity contribution in [2.24, 2.45) is 0 Å². The number of nitro benzene ring substituents is 1. The minimum atomic E-state index is -1.58. The molecule has 0 bridgehead atoms. The van der Waals surface area contributed by atoms with E-state index in [2.05, 4.69) is 4.74 Å². The van der Waals surface area contributed by atoms with Gasteiger partial charge in [-0.2, -0.15) is 0 Å². The van der Waals surface area contributed by atoms with Crippen LogP contribution < -0.4 is 5.11 Å². The highest BCUT2D eigenvalue weighted by atomic mass is 16.6. The Balaban J connectivity index is 2.90. The summed E-state index contributed by atoms with van der Waals surface area (Å²) < 4.78 is 4.27. The number of carbonyl (C=O) groups excluding carboxylic acids is 2. The number of aliphatic carboxylic acids is 1. The number of rotatable bonds is 4. The van der Waals surface area contributed by atoms with Gasteiger partial charge < -0.3 is 14.6 Å². The molecule has 0 spiro atoms. The number of para-hydroxylation sites is 1. The number of nitro groups is 1. The van der Waals surface area contributed by atoms with Gasteiger partial charge in [0.2, 0.25) is 0 Å². The summed E-state index contributed by atoms with van der Waals surface area (Å²) in [5.41, 5.74) is -0.736. The van der Waals surface area contributed by atoms with E-state index in [0.717, 1.165) is 6.07 Å². The van der Waals surface area contributed by atoms with Gasteiger partial charge in [-0.05, 0) is 6.07 Å². The van der Waals surface area contributed by atoms with Crippen LogP contribution in [-0.2, 0) is 9.53 Å². The van der Waals surface area contributed by atoms with E-state index in [-0.39, 0.29) is 5.56 Å². The minimum Gasteiger partial charge on any atom is -0.546 e. The Kier molecular flexibility index (Phi) is 3.54. The maximum absolute atomic E-state index is 11.3. The molecule has 84 valence electrons. The molecule has 7 nitrogen and oxygen atoms in total. The highest BCUT2D eigenvalue weighted by Crippen LogP contribution is 2.18. The first kappa shape index (κ1) is 11.6. The number of ether oxygens (including phenoxy) is 1. The van der Waals surface area contributed by atoms with Crippen LogP contribution in [0.4, 0.5) is 5.69 Å². The molecule has 0 unspecified atom stereocenters. The van der Waals surface area contributed by atoms with Crippen molar-refractivity contribution in [3.05, 3.63) is 39.9 Å². The monoisotopic (exact) mass is 224 g/mol. The van der Waals surface area contributed by atoms with Crippen LogP contribution >= 0.6 is 0 Å². The van der Waals surface area contributed by atoms with Gasteiger partial charge in [0.15, 0.2) is 0 Å². The Morgan fingerprint density at radius 1 is 1.31 bits per heavy atom. The van der Waals surface area contributed by atoms with Crippen molar-refractivity contribution in [2.45, 2.75) is 0 Å². The molecule has 0 fully saturated rings. The van der Waals surface area contributed by atoms with Gasteiger partial charge in [0, 0.05) is 6.07 Å². The average molecular weight is 224 g/mol. The predicted octanol–water partition coefficient (Wildman–Crippen LogP) is -0.499. The third kappa shape index (κ3) is 2.77. The lowest BCUT2D eigenvalue weighted by atomic mass is 10.2. The van der Waals surface area contributed by atoms with E-state index in [4.69, 9.17) is 0 Å². The van der Waals surface area contributed by atoms with Gasteiger partial charge in [0.25, 0.3) is 5.69 Å². The summed E-state index contributed by atoms with van der Waals surface area (Å²) in [6.07, 6.45) is 0. The number of nitrogens with zero attached hydrogens (tertiary/aromatic N) is 1. The van der Waals surface area contributed by atoms with Gasteiger partial charge in [-0.25, -0.2) is 4.79 Å². The van der Waals surface area contributed by atoms with E-state index in [1.165, 1.54) is 18.2 Å². The molecule has 0 atom stereocenters. The van der Waals surface area contributed by atoms with E-state index < -0.39 is 29.2 Å². The zero-order chi connectivity index (χ0) is 12.1. The van der Waals surface area contributed by atoms with E-state index in [0.29, 0.717) is 0 Å². The standard InChI is InChI=1S/C9H7NO6/c11-8(12)5-16-9(13)6-3-1-2-4-7(6)10(14)15/h1-4H,5H2,(H,11,12)/p-1. The Bertz CT molecular complexity index is 441. The molecule has 7 heteroatoms. The second kappa shape index (κ2) is 4.87. The number of benzene rings is 1. The molecule has 16 heavy (non-hydrogen) atoms. The normalized spacial score (nSPS) is 9.50. The van der Waals surface area contributed by atoms with E-state index in [9.17, 15) is 24.8 Å². The first-order chi connectivity index (χ1) is 7.52. The Hall–Kier alpha value is -2.44. The molecule has 0 aliphatic rings. The predicted molar refractivity (Wildman–Crippen MR) is 48.4 cm³/mol. The van der Waals surface area contributed by atoms with E-state index in [1.807, 2.05) is 0 Å². The zero-order valence-corrected chi connectivity index (χ0v) is 7.91. The Morgan fingerprint density at radius 3 is 2.50 bits per heavy atom. The third-order valence-corrected chi connectivity index (χ3v) is 1.64. The summed E-state index contributed by atoms with van der Waals surface area (Å²) in [5, 5.41) is 20.6.